The van der Waals surface area contributed by atoms with E-state index in [-0.39, 0.29) is 11.8 Å². The zero-order valence-electron chi connectivity index (χ0n) is 14.8. The standard InChI is InChI=1S/C18H27N5O2/c24-17(15-5-13-25-14-15)22-11-9-21(10-12-22)16-4-6-19-18(20-16)23-7-2-1-3-8-23/h4,6,15H,1-3,5,7-14H2. The summed E-state index contributed by atoms with van der Waals surface area (Å²) in [5.74, 6) is 2.15. The van der Waals surface area contributed by atoms with Crippen LogP contribution in [0.25, 0.3) is 0 Å². The number of ether oxygens (including phenoxy) is 1. The molecule has 7 heteroatoms. The van der Waals surface area contributed by atoms with E-state index in [2.05, 4.69) is 14.8 Å². The maximum Gasteiger partial charge on any atom is 0.228 e. The van der Waals surface area contributed by atoms with Crippen LogP contribution in [0.4, 0.5) is 11.8 Å². The number of nitrogens with zero attached hydrogens (tertiary/aromatic N) is 5. The first-order valence-electron chi connectivity index (χ1n) is 9.51. The molecule has 0 spiro atoms. The number of rotatable bonds is 3. The molecule has 25 heavy (non-hydrogen) atoms. The number of piperidine rings is 1. The van der Waals surface area contributed by atoms with Crippen molar-refractivity contribution in [1.82, 2.24) is 14.9 Å². The minimum Gasteiger partial charge on any atom is -0.381 e. The summed E-state index contributed by atoms with van der Waals surface area (Å²) >= 11 is 0. The van der Waals surface area contributed by atoms with Gasteiger partial charge in [-0.1, -0.05) is 0 Å². The fraction of sp³-hybridized carbons (Fsp3) is 0.722. The van der Waals surface area contributed by atoms with Crippen LogP contribution in [0, 0.1) is 5.92 Å². The van der Waals surface area contributed by atoms with Gasteiger partial charge in [0, 0.05) is 52.1 Å². The quantitative estimate of drug-likeness (QED) is 0.819. The molecular weight excluding hydrogens is 318 g/mol. The number of hydrogen-bond acceptors (Lipinski definition) is 6. The number of piperazine rings is 1. The minimum absolute atomic E-state index is 0.0660. The SMILES string of the molecule is O=C(C1CCOC1)N1CCN(c2ccnc(N3CCCCC3)n2)CC1. The molecule has 4 rings (SSSR count). The molecule has 136 valence electrons. The number of carbonyl (C=O) groups excluding carboxylic acids is 1. The molecule has 7 nitrogen and oxygen atoms in total. The topological polar surface area (TPSA) is 61.8 Å². The highest BCUT2D eigenvalue weighted by Gasteiger charge is 2.30. The van der Waals surface area contributed by atoms with Crippen LogP contribution in [0.1, 0.15) is 25.7 Å². The number of amides is 1. The van der Waals surface area contributed by atoms with Crippen molar-refractivity contribution in [2.24, 2.45) is 5.92 Å². The third kappa shape index (κ3) is 3.71. The van der Waals surface area contributed by atoms with Crippen LogP contribution in [0.5, 0.6) is 0 Å². The van der Waals surface area contributed by atoms with E-state index in [0.717, 1.165) is 64.1 Å². The van der Waals surface area contributed by atoms with E-state index < -0.39 is 0 Å². The third-order valence-electron chi connectivity index (χ3n) is 5.46. The summed E-state index contributed by atoms with van der Waals surface area (Å²) in [6.45, 7) is 6.59. The number of aromatic nitrogens is 2. The largest absolute Gasteiger partial charge is 0.381 e. The lowest BCUT2D eigenvalue weighted by atomic mass is 10.1. The molecule has 1 aromatic rings. The van der Waals surface area contributed by atoms with Crippen LogP contribution in [-0.4, -0.2) is 73.3 Å². The number of carbonyl (C=O) groups is 1. The molecule has 0 saturated carbocycles. The van der Waals surface area contributed by atoms with E-state index in [9.17, 15) is 4.79 Å². The van der Waals surface area contributed by atoms with Crippen molar-refractivity contribution in [3.05, 3.63) is 12.3 Å². The Morgan fingerprint density at radius 2 is 1.84 bits per heavy atom. The Hall–Kier alpha value is -1.89. The Morgan fingerprint density at radius 1 is 1.04 bits per heavy atom. The first kappa shape index (κ1) is 16.6. The first-order valence-corrected chi connectivity index (χ1v) is 9.51. The van der Waals surface area contributed by atoms with Crippen LogP contribution in [0.2, 0.25) is 0 Å². The highest BCUT2D eigenvalue weighted by atomic mass is 16.5. The molecule has 3 fully saturated rings. The molecule has 1 amide bonds. The predicted molar refractivity (Wildman–Crippen MR) is 95.8 cm³/mol. The van der Waals surface area contributed by atoms with Crippen LogP contribution < -0.4 is 9.80 Å². The average Bonchev–Trinajstić information content (AvgIpc) is 3.23. The van der Waals surface area contributed by atoms with Gasteiger partial charge in [0.1, 0.15) is 5.82 Å². The summed E-state index contributed by atoms with van der Waals surface area (Å²) in [6, 6.07) is 1.98. The van der Waals surface area contributed by atoms with Gasteiger partial charge in [-0.05, 0) is 31.7 Å². The normalized spacial score (nSPS) is 24.6. The zero-order chi connectivity index (χ0) is 17.1. The van der Waals surface area contributed by atoms with Crippen LogP contribution in [-0.2, 0) is 9.53 Å². The Labute approximate surface area is 149 Å². The van der Waals surface area contributed by atoms with Gasteiger partial charge in [0.2, 0.25) is 11.9 Å². The number of hydrogen-bond donors (Lipinski definition) is 0. The summed E-state index contributed by atoms with van der Waals surface area (Å²) < 4.78 is 5.35. The average molecular weight is 345 g/mol. The molecule has 0 N–H and O–H groups in total. The third-order valence-corrected chi connectivity index (χ3v) is 5.46. The Kier molecular flexibility index (Phi) is 5.01. The highest BCUT2D eigenvalue weighted by molar-refractivity contribution is 5.79. The molecule has 4 heterocycles. The van der Waals surface area contributed by atoms with Gasteiger partial charge in [-0.3, -0.25) is 4.79 Å². The van der Waals surface area contributed by atoms with Crippen molar-refractivity contribution in [2.45, 2.75) is 25.7 Å². The molecular formula is C18H27N5O2. The summed E-state index contributed by atoms with van der Waals surface area (Å²) in [5, 5.41) is 0. The van der Waals surface area contributed by atoms with Crippen LogP contribution in [0.3, 0.4) is 0 Å². The van der Waals surface area contributed by atoms with Gasteiger partial charge < -0.3 is 19.4 Å². The Bertz CT molecular complexity index is 591. The highest BCUT2D eigenvalue weighted by Crippen LogP contribution is 2.21. The van der Waals surface area contributed by atoms with Gasteiger partial charge >= 0.3 is 0 Å². The molecule has 1 atom stereocenters. The molecule has 0 bridgehead atoms. The smallest absolute Gasteiger partial charge is 0.228 e. The Balaban J connectivity index is 1.36. The van der Waals surface area contributed by atoms with Gasteiger partial charge in [-0.2, -0.15) is 4.98 Å². The lowest BCUT2D eigenvalue weighted by Gasteiger charge is -2.36. The fourth-order valence-electron chi connectivity index (χ4n) is 3.90. The van der Waals surface area contributed by atoms with Crippen molar-refractivity contribution >= 4 is 17.7 Å². The van der Waals surface area contributed by atoms with Crippen molar-refractivity contribution in [2.75, 3.05) is 62.3 Å². The van der Waals surface area contributed by atoms with Gasteiger partial charge in [0.25, 0.3) is 0 Å². The summed E-state index contributed by atoms with van der Waals surface area (Å²) in [6.07, 6.45) is 6.47. The fourth-order valence-corrected chi connectivity index (χ4v) is 3.90. The van der Waals surface area contributed by atoms with E-state index in [1.165, 1.54) is 19.3 Å². The second kappa shape index (κ2) is 7.56. The second-order valence-electron chi connectivity index (χ2n) is 7.14. The lowest BCUT2D eigenvalue weighted by molar-refractivity contribution is -0.135. The molecule has 3 saturated heterocycles. The van der Waals surface area contributed by atoms with Crippen molar-refractivity contribution in [3.63, 3.8) is 0 Å². The molecule has 0 radical (unpaired) electrons. The van der Waals surface area contributed by atoms with E-state index in [4.69, 9.17) is 9.72 Å². The Morgan fingerprint density at radius 3 is 2.56 bits per heavy atom. The van der Waals surface area contributed by atoms with Gasteiger partial charge in [-0.15, -0.1) is 0 Å². The van der Waals surface area contributed by atoms with Crippen molar-refractivity contribution in [3.8, 4) is 0 Å². The molecule has 1 unspecified atom stereocenters. The second-order valence-corrected chi connectivity index (χ2v) is 7.14. The molecule has 3 aliphatic heterocycles. The zero-order valence-corrected chi connectivity index (χ0v) is 14.8. The number of anilines is 2. The molecule has 1 aromatic heterocycles. The van der Waals surface area contributed by atoms with Gasteiger partial charge in [0.15, 0.2) is 0 Å². The summed E-state index contributed by atoms with van der Waals surface area (Å²) in [5.41, 5.74) is 0. The minimum atomic E-state index is 0.0660. The maximum atomic E-state index is 12.5. The lowest BCUT2D eigenvalue weighted by Crippen LogP contribution is -2.50. The summed E-state index contributed by atoms with van der Waals surface area (Å²) in [4.78, 5) is 28.3. The molecule has 3 aliphatic rings. The van der Waals surface area contributed by atoms with Crippen molar-refractivity contribution < 1.29 is 9.53 Å². The van der Waals surface area contributed by atoms with E-state index in [0.29, 0.717) is 6.61 Å². The van der Waals surface area contributed by atoms with Gasteiger partial charge in [-0.25, -0.2) is 4.98 Å². The van der Waals surface area contributed by atoms with E-state index >= 15 is 0 Å². The predicted octanol–water partition coefficient (Wildman–Crippen LogP) is 1.15. The van der Waals surface area contributed by atoms with E-state index in [1.54, 1.807) is 0 Å². The van der Waals surface area contributed by atoms with Crippen LogP contribution >= 0.6 is 0 Å². The first-order chi connectivity index (χ1) is 12.3. The van der Waals surface area contributed by atoms with E-state index in [1.807, 2.05) is 17.2 Å². The maximum absolute atomic E-state index is 12.5. The van der Waals surface area contributed by atoms with Crippen LogP contribution in [0.15, 0.2) is 12.3 Å². The van der Waals surface area contributed by atoms with Gasteiger partial charge in [0.05, 0.1) is 12.5 Å². The monoisotopic (exact) mass is 345 g/mol. The molecule has 0 aliphatic carbocycles. The molecule has 0 aromatic carbocycles. The van der Waals surface area contributed by atoms with Crippen molar-refractivity contribution in [1.29, 1.82) is 0 Å². The summed E-state index contributed by atoms with van der Waals surface area (Å²) in [7, 11) is 0.